The minimum absolute atomic E-state index is 0.0313. The van der Waals surface area contributed by atoms with Gasteiger partial charge in [0.1, 0.15) is 5.54 Å². The normalized spacial score (nSPS) is 17.7. The number of amides is 4. The quantitative estimate of drug-likeness (QED) is 0.468. The van der Waals surface area contributed by atoms with Crippen molar-refractivity contribution in [2.75, 3.05) is 13.6 Å². The molecule has 3 aromatic rings. The molecule has 1 fully saturated rings. The van der Waals surface area contributed by atoms with Crippen LogP contribution in [0.5, 0.6) is 0 Å². The Kier molecular flexibility index (Phi) is 6.90. The summed E-state index contributed by atoms with van der Waals surface area (Å²) in [5.41, 5.74) is 4.89. The molecular formula is C25H27ClN6O3. The molecule has 2 heterocycles. The van der Waals surface area contributed by atoms with Crippen LogP contribution in [0.3, 0.4) is 0 Å². The fourth-order valence-corrected chi connectivity index (χ4v) is 3.99. The molecule has 1 aliphatic rings. The van der Waals surface area contributed by atoms with E-state index in [9.17, 15) is 14.4 Å². The lowest BCUT2D eigenvalue weighted by molar-refractivity contribution is -0.139. The van der Waals surface area contributed by atoms with Gasteiger partial charge in [-0.25, -0.2) is 9.48 Å². The number of nitrogens with zero attached hydrogens (tertiary/aromatic N) is 4. The first-order valence-electron chi connectivity index (χ1n) is 11.2. The van der Waals surface area contributed by atoms with Gasteiger partial charge in [0.2, 0.25) is 0 Å². The predicted molar refractivity (Wildman–Crippen MR) is 133 cm³/mol. The Bertz CT molecular complexity index is 1240. The van der Waals surface area contributed by atoms with Gasteiger partial charge >= 0.3 is 6.03 Å². The Labute approximate surface area is 208 Å². The van der Waals surface area contributed by atoms with E-state index in [-0.39, 0.29) is 6.54 Å². The highest BCUT2D eigenvalue weighted by molar-refractivity contribution is 6.30. The highest BCUT2D eigenvalue weighted by atomic mass is 35.5. The number of nitrogens with one attached hydrogen (secondary N) is 2. The summed E-state index contributed by atoms with van der Waals surface area (Å²) in [4.78, 5) is 39.2. The van der Waals surface area contributed by atoms with Crippen LogP contribution in [-0.2, 0) is 16.1 Å². The Hall–Kier alpha value is -3.69. The number of hydrazine groups is 1. The summed E-state index contributed by atoms with van der Waals surface area (Å²) in [6.07, 6.45) is 2.35. The van der Waals surface area contributed by atoms with Gasteiger partial charge in [-0.15, -0.1) is 0 Å². The lowest BCUT2D eigenvalue weighted by atomic mass is 10.00. The van der Waals surface area contributed by atoms with E-state index in [1.807, 2.05) is 60.8 Å². The second kappa shape index (κ2) is 9.89. The highest BCUT2D eigenvalue weighted by Gasteiger charge is 2.47. The Morgan fingerprint density at radius 3 is 2.46 bits per heavy atom. The van der Waals surface area contributed by atoms with Crippen molar-refractivity contribution in [3.05, 3.63) is 71.4 Å². The van der Waals surface area contributed by atoms with Crippen molar-refractivity contribution in [3.8, 4) is 16.9 Å². The molecule has 35 heavy (non-hydrogen) atoms. The average Bonchev–Trinajstić information content (AvgIpc) is 3.34. The van der Waals surface area contributed by atoms with E-state index in [1.54, 1.807) is 30.5 Å². The molecule has 4 amide bonds. The molecule has 0 saturated carbocycles. The lowest BCUT2D eigenvalue weighted by Crippen LogP contribution is -2.50. The number of carbonyl (C=O) groups excluding carboxylic acids is 3. The summed E-state index contributed by atoms with van der Waals surface area (Å²) in [5.74, 6) is -0.949. The van der Waals surface area contributed by atoms with E-state index in [2.05, 4.69) is 10.7 Å². The lowest BCUT2D eigenvalue weighted by Gasteiger charge is -2.21. The van der Waals surface area contributed by atoms with Gasteiger partial charge in [-0.3, -0.25) is 19.9 Å². The van der Waals surface area contributed by atoms with E-state index in [0.717, 1.165) is 27.5 Å². The molecule has 1 unspecified atom stereocenters. The average molecular weight is 495 g/mol. The van der Waals surface area contributed by atoms with Gasteiger partial charge in [-0.05, 0) is 44.7 Å². The standard InChI is InChI=1S/C25H27ClN6O3/c1-4-25(2)23(34)32(24(35)27-25)28-21(33)16-30(3)14-18-15-31(20-8-6-5-7-9-20)29-22(18)17-10-12-19(26)13-11-17/h5-13,15H,4,14,16H2,1-3H3,(H,27,35)(H,28,33). The molecule has 182 valence electrons. The molecule has 0 spiro atoms. The topological polar surface area (TPSA) is 99.6 Å². The van der Waals surface area contributed by atoms with Crippen LogP contribution in [0.25, 0.3) is 16.9 Å². The van der Waals surface area contributed by atoms with Crippen molar-refractivity contribution in [3.63, 3.8) is 0 Å². The van der Waals surface area contributed by atoms with Gasteiger partial charge in [-0.2, -0.15) is 10.1 Å². The third-order valence-electron chi connectivity index (χ3n) is 5.99. The second-order valence-electron chi connectivity index (χ2n) is 8.75. The number of aromatic nitrogens is 2. The minimum atomic E-state index is -1.02. The predicted octanol–water partition coefficient (Wildman–Crippen LogP) is 3.38. The zero-order valence-corrected chi connectivity index (χ0v) is 20.5. The number of hydrogen-bond acceptors (Lipinski definition) is 5. The second-order valence-corrected chi connectivity index (χ2v) is 9.19. The number of hydrogen-bond donors (Lipinski definition) is 2. The van der Waals surface area contributed by atoms with Gasteiger partial charge in [-0.1, -0.05) is 48.9 Å². The summed E-state index contributed by atoms with van der Waals surface area (Å²) in [6.45, 7) is 3.81. The molecule has 2 aromatic carbocycles. The van der Waals surface area contributed by atoms with Crippen LogP contribution in [0.15, 0.2) is 60.8 Å². The number of rotatable bonds is 8. The first-order chi connectivity index (χ1) is 16.7. The zero-order valence-electron chi connectivity index (χ0n) is 19.8. The van der Waals surface area contributed by atoms with E-state index in [1.165, 1.54) is 0 Å². The Morgan fingerprint density at radius 2 is 1.83 bits per heavy atom. The number of imide groups is 1. The summed E-state index contributed by atoms with van der Waals surface area (Å²) >= 11 is 6.06. The first kappa shape index (κ1) is 24.4. The van der Waals surface area contributed by atoms with E-state index >= 15 is 0 Å². The summed E-state index contributed by atoms with van der Waals surface area (Å²) in [7, 11) is 1.78. The maximum Gasteiger partial charge on any atom is 0.344 e. The molecule has 2 N–H and O–H groups in total. The number of para-hydroxylation sites is 1. The van der Waals surface area contributed by atoms with Crippen molar-refractivity contribution in [1.29, 1.82) is 0 Å². The van der Waals surface area contributed by atoms with Crippen molar-refractivity contribution >= 4 is 29.4 Å². The third kappa shape index (κ3) is 5.21. The third-order valence-corrected chi connectivity index (χ3v) is 6.24. The van der Waals surface area contributed by atoms with Crippen molar-refractivity contribution < 1.29 is 14.4 Å². The minimum Gasteiger partial charge on any atom is -0.322 e. The maximum atomic E-state index is 12.6. The molecule has 0 radical (unpaired) electrons. The SMILES string of the molecule is CCC1(C)NC(=O)N(NC(=O)CN(C)Cc2cn(-c3ccccc3)nc2-c2ccc(Cl)cc2)C1=O. The molecular weight excluding hydrogens is 468 g/mol. The van der Waals surface area contributed by atoms with Crippen LogP contribution < -0.4 is 10.7 Å². The van der Waals surface area contributed by atoms with Gasteiger partial charge in [0.05, 0.1) is 17.9 Å². The van der Waals surface area contributed by atoms with Gasteiger partial charge in [0, 0.05) is 28.9 Å². The molecule has 10 heteroatoms. The number of carbonyl (C=O) groups is 3. The molecule has 1 atom stereocenters. The van der Waals surface area contributed by atoms with Gasteiger partial charge in [0.15, 0.2) is 0 Å². The van der Waals surface area contributed by atoms with Crippen LogP contribution in [0.4, 0.5) is 4.79 Å². The van der Waals surface area contributed by atoms with Crippen LogP contribution in [0, 0.1) is 0 Å². The van der Waals surface area contributed by atoms with E-state index in [0.29, 0.717) is 18.0 Å². The first-order valence-corrected chi connectivity index (χ1v) is 11.6. The zero-order chi connectivity index (χ0) is 25.2. The number of urea groups is 1. The van der Waals surface area contributed by atoms with Crippen molar-refractivity contribution in [1.82, 2.24) is 30.4 Å². The summed E-state index contributed by atoms with van der Waals surface area (Å²) in [6, 6.07) is 16.5. The van der Waals surface area contributed by atoms with Crippen molar-refractivity contribution in [2.45, 2.75) is 32.4 Å². The molecule has 1 aliphatic heterocycles. The van der Waals surface area contributed by atoms with Gasteiger partial charge in [0.25, 0.3) is 11.8 Å². The van der Waals surface area contributed by atoms with Crippen LogP contribution in [0.1, 0.15) is 25.8 Å². The summed E-state index contributed by atoms with van der Waals surface area (Å²) in [5, 5.41) is 8.78. The number of benzene rings is 2. The van der Waals surface area contributed by atoms with Crippen LogP contribution in [0.2, 0.25) is 5.02 Å². The number of halogens is 1. The van der Waals surface area contributed by atoms with E-state index in [4.69, 9.17) is 16.7 Å². The molecule has 4 rings (SSSR count). The van der Waals surface area contributed by atoms with Crippen molar-refractivity contribution in [2.24, 2.45) is 0 Å². The van der Waals surface area contributed by atoms with Crippen LogP contribution in [-0.4, -0.2) is 56.7 Å². The van der Waals surface area contributed by atoms with Gasteiger partial charge < -0.3 is 5.32 Å². The molecule has 0 bridgehead atoms. The fourth-order valence-electron chi connectivity index (χ4n) is 3.87. The maximum absolute atomic E-state index is 12.6. The molecule has 1 saturated heterocycles. The highest BCUT2D eigenvalue weighted by Crippen LogP contribution is 2.26. The Balaban J connectivity index is 1.50. The Morgan fingerprint density at radius 1 is 1.14 bits per heavy atom. The monoisotopic (exact) mass is 494 g/mol. The molecule has 9 nitrogen and oxygen atoms in total. The molecule has 0 aliphatic carbocycles. The smallest absolute Gasteiger partial charge is 0.322 e. The number of likely N-dealkylation sites (N-methyl/N-ethyl adjacent to an activating group) is 1. The fraction of sp³-hybridized carbons (Fsp3) is 0.280. The molecule has 1 aromatic heterocycles. The van der Waals surface area contributed by atoms with Crippen LogP contribution >= 0.6 is 11.6 Å². The summed E-state index contributed by atoms with van der Waals surface area (Å²) < 4.78 is 1.80. The largest absolute Gasteiger partial charge is 0.344 e. The van der Waals surface area contributed by atoms with E-state index < -0.39 is 23.4 Å².